The van der Waals surface area contributed by atoms with Gasteiger partial charge < -0.3 is 14.2 Å². The van der Waals surface area contributed by atoms with Crippen molar-refractivity contribution in [3.8, 4) is 0 Å². The molecule has 1 saturated heterocycles. The fourth-order valence-electron chi connectivity index (χ4n) is 6.59. The molecule has 1 saturated carbocycles. The molecule has 240 valence electrons. The normalized spacial score (nSPS) is 21.4. The molecule has 2 rings (SSSR count). The highest BCUT2D eigenvalue weighted by Gasteiger charge is 2.81. The lowest BCUT2D eigenvalue weighted by Crippen LogP contribution is -2.44. The van der Waals surface area contributed by atoms with E-state index in [1.807, 2.05) is 0 Å². The van der Waals surface area contributed by atoms with Crippen LogP contribution in [0.4, 0.5) is 0 Å². The highest BCUT2D eigenvalue weighted by atomic mass is 16.7. The van der Waals surface area contributed by atoms with Gasteiger partial charge in [-0.05, 0) is 38.5 Å². The van der Waals surface area contributed by atoms with E-state index in [2.05, 4.69) is 13.8 Å². The van der Waals surface area contributed by atoms with E-state index in [4.69, 9.17) is 14.2 Å². The molecule has 0 radical (unpaired) electrons. The highest BCUT2D eigenvalue weighted by Crippen LogP contribution is 2.59. The van der Waals surface area contributed by atoms with Gasteiger partial charge >= 0.3 is 11.9 Å². The summed E-state index contributed by atoms with van der Waals surface area (Å²) < 4.78 is 17.2. The van der Waals surface area contributed by atoms with Crippen molar-refractivity contribution < 1.29 is 23.8 Å². The van der Waals surface area contributed by atoms with E-state index in [9.17, 15) is 9.59 Å². The Hall–Kier alpha value is -1.10. The third kappa shape index (κ3) is 13.4. The number of epoxide rings is 1. The number of ether oxygens (including phenoxy) is 3. The molecule has 0 bridgehead atoms. The summed E-state index contributed by atoms with van der Waals surface area (Å²) in [6, 6.07) is 0. The van der Waals surface area contributed by atoms with E-state index >= 15 is 0 Å². The number of carbonyl (C=O) groups is 2. The van der Waals surface area contributed by atoms with Crippen LogP contribution in [0.2, 0.25) is 0 Å². The predicted molar refractivity (Wildman–Crippen MR) is 169 cm³/mol. The zero-order valence-corrected chi connectivity index (χ0v) is 27.3. The van der Waals surface area contributed by atoms with Gasteiger partial charge in [-0.2, -0.15) is 0 Å². The monoisotopic (exact) mass is 578 g/mol. The average molecular weight is 579 g/mol. The molecule has 0 aromatic carbocycles. The maximum Gasteiger partial charge on any atom is 0.342 e. The Morgan fingerprint density at radius 1 is 0.463 bits per heavy atom. The summed E-state index contributed by atoms with van der Waals surface area (Å²) in [5.74, 6) is -0.690. The quantitative estimate of drug-likeness (QED) is 0.0525. The Morgan fingerprint density at radius 2 is 0.732 bits per heavy atom. The third-order valence-corrected chi connectivity index (χ3v) is 9.39. The van der Waals surface area contributed by atoms with Gasteiger partial charge in [-0.3, -0.25) is 0 Å². The zero-order chi connectivity index (χ0) is 29.5. The lowest BCUT2D eigenvalue weighted by Gasteiger charge is -2.22. The maximum atomic E-state index is 13.0. The molecule has 5 nitrogen and oxygen atoms in total. The van der Waals surface area contributed by atoms with Gasteiger partial charge in [0, 0.05) is 0 Å². The van der Waals surface area contributed by atoms with Crippen molar-refractivity contribution in [2.45, 2.75) is 205 Å². The van der Waals surface area contributed by atoms with E-state index in [1.54, 1.807) is 0 Å². The molecule has 0 spiro atoms. The van der Waals surface area contributed by atoms with Crippen molar-refractivity contribution in [2.24, 2.45) is 0 Å². The zero-order valence-electron chi connectivity index (χ0n) is 27.3. The second-order valence-corrected chi connectivity index (χ2v) is 13.0. The molecule has 41 heavy (non-hydrogen) atoms. The van der Waals surface area contributed by atoms with Gasteiger partial charge in [0.2, 0.25) is 11.2 Å². The van der Waals surface area contributed by atoms with Crippen LogP contribution in [-0.4, -0.2) is 36.4 Å². The van der Waals surface area contributed by atoms with Crippen LogP contribution in [0.5, 0.6) is 0 Å². The lowest BCUT2D eigenvalue weighted by molar-refractivity contribution is -0.155. The van der Waals surface area contributed by atoms with Crippen molar-refractivity contribution in [3.63, 3.8) is 0 Å². The molecule has 5 heteroatoms. The van der Waals surface area contributed by atoms with Crippen molar-refractivity contribution >= 4 is 11.9 Å². The van der Waals surface area contributed by atoms with Gasteiger partial charge in [0.05, 0.1) is 13.2 Å². The minimum atomic E-state index is -1.09. The van der Waals surface area contributed by atoms with Crippen LogP contribution < -0.4 is 0 Å². The molecule has 0 amide bonds. The average Bonchev–Trinajstić information content (AvgIpc) is 3.70. The smallest absolute Gasteiger partial charge is 0.342 e. The predicted octanol–water partition coefficient (Wildman–Crippen LogP) is 10.6. The second kappa shape index (κ2) is 22.4. The molecule has 1 heterocycles. The maximum absolute atomic E-state index is 13.0. The Kier molecular flexibility index (Phi) is 19.8. The van der Waals surface area contributed by atoms with Crippen LogP contribution in [0, 0.1) is 0 Å². The summed E-state index contributed by atoms with van der Waals surface area (Å²) in [5, 5.41) is 0. The van der Waals surface area contributed by atoms with Gasteiger partial charge in [-0.25, -0.2) is 9.59 Å². The topological polar surface area (TPSA) is 65.1 Å². The summed E-state index contributed by atoms with van der Waals surface area (Å²) in [4.78, 5) is 26.0. The van der Waals surface area contributed by atoms with Crippen molar-refractivity contribution in [3.05, 3.63) is 0 Å². The minimum Gasteiger partial charge on any atom is -0.463 e. The Labute approximate surface area is 253 Å². The first-order chi connectivity index (χ1) is 20.1. The molecule has 2 unspecified atom stereocenters. The summed E-state index contributed by atoms with van der Waals surface area (Å²) in [7, 11) is 0. The Morgan fingerprint density at radius 3 is 1.02 bits per heavy atom. The van der Waals surface area contributed by atoms with E-state index < -0.39 is 11.2 Å². The van der Waals surface area contributed by atoms with Crippen LogP contribution in [0.25, 0.3) is 0 Å². The molecule has 0 aromatic rings. The van der Waals surface area contributed by atoms with Crippen LogP contribution in [0.3, 0.4) is 0 Å². The number of unbranched alkanes of at least 4 members (excludes halogenated alkanes) is 22. The largest absolute Gasteiger partial charge is 0.463 e. The van der Waals surface area contributed by atoms with Crippen molar-refractivity contribution in [2.75, 3.05) is 13.2 Å². The number of carbonyl (C=O) groups excluding carboxylic acids is 2. The van der Waals surface area contributed by atoms with Crippen molar-refractivity contribution in [1.29, 1.82) is 0 Å². The molecule has 1 aliphatic carbocycles. The van der Waals surface area contributed by atoms with Gasteiger partial charge in [0.25, 0.3) is 0 Å². The van der Waals surface area contributed by atoms with E-state index in [-0.39, 0.29) is 11.9 Å². The Balaban J connectivity index is 1.49. The second-order valence-electron chi connectivity index (χ2n) is 13.0. The molecule has 0 aromatic heterocycles. The van der Waals surface area contributed by atoms with E-state index in [0.29, 0.717) is 26.1 Å². The highest BCUT2D eigenvalue weighted by molar-refractivity contribution is 5.98. The molecule has 2 aliphatic rings. The SMILES string of the molecule is CCCCCCCCCCCCCCOC(=O)C12CCCCC1(C(=O)OCCCCCCCCCCCCCC)O2. The summed E-state index contributed by atoms with van der Waals surface area (Å²) in [6.45, 7) is 5.37. The number of hydrogen-bond acceptors (Lipinski definition) is 5. The first-order valence-electron chi connectivity index (χ1n) is 18.2. The first kappa shape index (κ1) is 36.1. The Bertz CT molecular complexity index is 623. The van der Waals surface area contributed by atoms with E-state index in [0.717, 1.165) is 38.5 Å². The molecular formula is C36H66O5. The van der Waals surface area contributed by atoms with Gasteiger partial charge in [-0.1, -0.05) is 155 Å². The van der Waals surface area contributed by atoms with Crippen molar-refractivity contribution in [1.82, 2.24) is 0 Å². The standard InChI is InChI=1S/C36H66O5/c1-3-5-7-9-11-13-15-17-19-21-23-27-31-39-33(37)35-29-25-26-30-36(35,41-35)34(38)40-32-28-24-22-20-18-16-14-12-10-8-6-4-2/h3-32H2,1-2H3. The molecule has 1 aliphatic heterocycles. The number of rotatable bonds is 28. The fourth-order valence-corrected chi connectivity index (χ4v) is 6.59. The lowest BCUT2D eigenvalue weighted by atomic mass is 9.79. The third-order valence-electron chi connectivity index (χ3n) is 9.39. The van der Waals surface area contributed by atoms with Gasteiger partial charge in [0.15, 0.2) is 0 Å². The van der Waals surface area contributed by atoms with Gasteiger partial charge in [-0.15, -0.1) is 0 Å². The molecule has 0 N–H and O–H groups in total. The number of esters is 2. The van der Waals surface area contributed by atoms with Crippen LogP contribution in [0.15, 0.2) is 0 Å². The van der Waals surface area contributed by atoms with Gasteiger partial charge in [0.1, 0.15) is 0 Å². The molecule has 2 fully saturated rings. The van der Waals surface area contributed by atoms with E-state index in [1.165, 1.54) is 128 Å². The summed E-state index contributed by atoms with van der Waals surface area (Å²) in [6.07, 6.45) is 33.6. The summed E-state index contributed by atoms with van der Waals surface area (Å²) in [5.41, 5.74) is -2.17. The fraction of sp³-hybridized carbons (Fsp3) is 0.944. The molecule has 2 atom stereocenters. The summed E-state index contributed by atoms with van der Waals surface area (Å²) >= 11 is 0. The van der Waals surface area contributed by atoms with Crippen LogP contribution >= 0.6 is 0 Å². The van der Waals surface area contributed by atoms with Crippen LogP contribution in [0.1, 0.15) is 194 Å². The number of fused-ring (bicyclic) bond motifs is 1. The number of hydrogen-bond donors (Lipinski definition) is 0. The van der Waals surface area contributed by atoms with Crippen LogP contribution in [-0.2, 0) is 23.8 Å². The first-order valence-corrected chi connectivity index (χ1v) is 18.2. The minimum absolute atomic E-state index is 0.345. The molecular weight excluding hydrogens is 512 g/mol.